The van der Waals surface area contributed by atoms with E-state index in [1.54, 1.807) is 52.0 Å². The molecule has 0 radical (unpaired) electrons. The number of phenolic OH excluding ortho intramolecular Hbond substituents is 3. The zero-order chi connectivity index (χ0) is 50.8. The predicted octanol–water partition coefficient (Wildman–Crippen LogP) is 6.55. The van der Waals surface area contributed by atoms with Crippen LogP contribution in [0.3, 0.4) is 0 Å². The first-order valence-electron chi connectivity index (χ1n) is 23.2. The first-order valence-corrected chi connectivity index (χ1v) is 23.2. The monoisotopic (exact) mass is 951 g/mol. The van der Waals surface area contributed by atoms with E-state index in [0.717, 1.165) is 5.56 Å². The van der Waals surface area contributed by atoms with Crippen LogP contribution in [0.1, 0.15) is 94.9 Å². The number of carbonyl (C=O) groups excluding carboxylic acids is 3. The molecule has 4 aliphatic rings. The van der Waals surface area contributed by atoms with Crippen LogP contribution in [-0.4, -0.2) is 122 Å². The summed E-state index contributed by atoms with van der Waals surface area (Å²) in [6.07, 6.45) is 4.77. The third-order valence-electron chi connectivity index (χ3n) is 13.8. The molecule has 17 nitrogen and oxygen atoms in total. The number of Topliss-reactive ketones (excluding diaryl/α,β-unsaturated/α-hetero) is 1. The molecule has 17 heteroatoms. The standard InChI is InChI=1S/C52H65N5O12/c1-26-13-12-14-27(2)51(65)55-42-37(22-54-57-28(3)23-56(24-29(57)4)25-36-17-15-35(21-53)16-18-36)46(62)39-40(47(42)63)45(61)33(8)49-41(39)50(64)52(10,69-49)67-20-19-38(66-11)30(5)48(68-34(9)58)32(7)44(60)31(6)43(26)59/h12-20,22,26,28-32,38,43-44,48,59-63H,23-25H2,1-11H3,(H,55,65)/b13-12?,20-19?,27-14?,54-22+. The van der Waals surface area contributed by atoms with Gasteiger partial charge in [0, 0.05) is 80.8 Å². The van der Waals surface area contributed by atoms with Gasteiger partial charge >= 0.3 is 11.8 Å². The summed E-state index contributed by atoms with van der Waals surface area (Å²) in [5.74, 6) is -8.62. The summed E-state index contributed by atoms with van der Waals surface area (Å²) in [4.78, 5) is 43.4. The summed E-state index contributed by atoms with van der Waals surface area (Å²) in [6, 6.07) is 9.23. The van der Waals surface area contributed by atoms with Crippen LogP contribution in [-0.2, 0) is 30.3 Å². The third kappa shape index (κ3) is 10.4. The largest absolute Gasteiger partial charge is 0.507 e. The van der Waals surface area contributed by atoms with Crippen LogP contribution in [0, 0.1) is 41.9 Å². The Morgan fingerprint density at radius 1 is 0.942 bits per heavy atom. The van der Waals surface area contributed by atoms with Crippen LogP contribution in [0.4, 0.5) is 5.69 Å². The zero-order valence-electron chi connectivity index (χ0n) is 41.1. The Kier molecular flexibility index (Phi) is 15.8. The van der Waals surface area contributed by atoms with Crippen LogP contribution < -0.4 is 10.1 Å². The van der Waals surface area contributed by atoms with Gasteiger partial charge in [0.1, 0.15) is 23.4 Å². The fourth-order valence-corrected chi connectivity index (χ4v) is 9.72. The summed E-state index contributed by atoms with van der Waals surface area (Å²) in [5, 5.41) is 77.3. The van der Waals surface area contributed by atoms with Crippen LogP contribution in [0.2, 0.25) is 0 Å². The molecule has 0 spiro atoms. The smallest absolute Gasteiger partial charge is 0.312 e. The van der Waals surface area contributed by atoms with E-state index in [0.29, 0.717) is 25.2 Å². The van der Waals surface area contributed by atoms with Gasteiger partial charge in [-0.15, -0.1) is 0 Å². The number of carbonyl (C=O) groups is 3. The highest BCUT2D eigenvalue weighted by Crippen LogP contribution is 2.55. The van der Waals surface area contributed by atoms with E-state index >= 15 is 0 Å². The summed E-state index contributed by atoms with van der Waals surface area (Å²) in [6.45, 7) is 18.3. The van der Waals surface area contributed by atoms with Gasteiger partial charge in [0.2, 0.25) is 0 Å². The molecule has 0 aromatic heterocycles. The molecule has 5 bridgehead atoms. The van der Waals surface area contributed by atoms with Gasteiger partial charge in [-0.05, 0) is 51.5 Å². The number of fused-ring (bicyclic) bond motifs is 14. The maximum absolute atomic E-state index is 14.7. The lowest BCUT2D eigenvalue weighted by atomic mass is 9.78. The molecule has 3 aromatic carbocycles. The van der Waals surface area contributed by atoms with Gasteiger partial charge in [-0.1, -0.05) is 58.1 Å². The molecule has 4 heterocycles. The molecule has 1 saturated heterocycles. The number of aromatic hydroxyl groups is 3. The number of nitrogens with zero attached hydrogens (tertiary/aromatic N) is 4. The Morgan fingerprint density at radius 2 is 1.59 bits per heavy atom. The maximum atomic E-state index is 14.7. The highest BCUT2D eigenvalue weighted by atomic mass is 16.7. The number of hydrogen-bond donors (Lipinski definition) is 6. The molecule has 0 aliphatic carbocycles. The molecule has 7 rings (SSSR count). The number of hydrogen-bond acceptors (Lipinski definition) is 16. The maximum Gasteiger partial charge on any atom is 0.312 e. The lowest BCUT2D eigenvalue weighted by Crippen LogP contribution is -2.54. The third-order valence-corrected chi connectivity index (χ3v) is 13.8. The molecule has 1 fully saturated rings. The van der Waals surface area contributed by atoms with Crippen molar-refractivity contribution in [3.8, 4) is 29.1 Å². The number of allylic oxidation sites excluding steroid dienone is 2. The number of amides is 1. The number of piperazine rings is 1. The lowest BCUT2D eigenvalue weighted by molar-refractivity contribution is -0.160. The SMILES string of the molecule is COC1C=COC2(C)Oc3c(C)c(O)c4c(O)c(c(/C=N/N5C(C)CN(Cc6ccc(C#N)cc6)CC5C)c(O)c4c3C2=O)NC(=O)C(C)=CC=CC(C)C(O)C(C)C(O)C(C)C(OC(C)=O)C1C. The Labute approximate surface area is 402 Å². The van der Waals surface area contributed by atoms with Gasteiger partial charge in [0.05, 0.1) is 76.7 Å². The molecular weight excluding hydrogens is 887 g/mol. The van der Waals surface area contributed by atoms with E-state index in [1.165, 1.54) is 59.4 Å². The highest BCUT2D eigenvalue weighted by Gasteiger charge is 2.50. The summed E-state index contributed by atoms with van der Waals surface area (Å²) in [5.41, 5.74) is 1.14. The van der Waals surface area contributed by atoms with Crippen molar-refractivity contribution in [3.63, 3.8) is 0 Å². The fraction of sp³-hybridized carbons (Fsp3) is 0.481. The number of ketones is 1. The Balaban J connectivity index is 1.47. The predicted molar refractivity (Wildman–Crippen MR) is 259 cm³/mol. The number of nitrogens with one attached hydrogen (secondary N) is 1. The van der Waals surface area contributed by atoms with Crippen molar-refractivity contribution in [1.29, 1.82) is 5.26 Å². The van der Waals surface area contributed by atoms with Crippen molar-refractivity contribution in [2.24, 2.45) is 28.8 Å². The quantitative estimate of drug-likeness (QED) is 0.0664. The van der Waals surface area contributed by atoms with E-state index in [1.807, 2.05) is 31.0 Å². The average Bonchev–Trinajstić information content (AvgIpc) is 3.57. The first-order chi connectivity index (χ1) is 32.5. The highest BCUT2D eigenvalue weighted by molar-refractivity contribution is 6.23. The summed E-state index contributed by atoms with van der Waals surface area (Å²) in [7, 11) is 1.43. The van der Waals surface area contributed by atoms with E-state index in [-0.39, 0.29) is 56.6 Å². The minimum absolute atomic E-state index is 0.0366. The number of aliphatic hydroxyl groups excluding tert-OH is 2. The first kappa shape index (κ1) is 51.9. The minimum Gasteiger partial charge on any atom is -0.507 e. The van der Waals surface area contributed by atoms with Crippen LogP contribution in [0.5, 0.6) is 23.0 Å². The number of anilines is 1. The number of benzene rings is 3. The van der Waals surface area contributed by atoms with Crippen molar-refractivity contribution in [3.05, 3.63) is 88.2 Å². The van der Waals surface area contributed by atoms with Gasteiger partial charge in [-0.3, -0.25) is 24.3 Å². The van der Waals surface area contributed by atoms with Crippen molar-refractivity contribution < 1.29 is 58.9 Å². The van der Waals surface area contributed by atoms with Crippen LogP contribution >= 0.6 is 0 Å². The van der Waals surface area contributed by atoms with Gasteiger partial charge in [0.15, 0.2) is 5.75 Å². The van der Waals surface area contributed by atoms with Crippen molar-refractivity contribution in [2.75, 3.05) is 25.5 Å². The van der Waals surface area contributed by atoms with Gasteiger partial charge in [-0.25, -0.2) is 0 Å². The second-order valence-corrected chi connectivity index (χ2v) is 18.9. The lowest BCUT2D eigenvalue weighted by Gasteiger charge is -2.42. The summed E-state index contributed by atoms with van der Waals surface area (Å²) >= 11 is 0. The number of ether oxygens (including phenoxy) is 4. The Morgan fingerprint density at radius 3 is 2.20 bits per heavy atom. The number of nitriles is 1. The second-order valence-electron chi connectivity index (χ2n) is 18.9. The molecule has 11 atom stereocenters. The number of esters is 1. The van der Waals surface area contributed by atoms with Crippen LogP contribution in [0.15, 0.2) is 65.5 Å². The molecule has 69 heavy (non-hydrogen) atoms. The number of phenols is 3. The van der Waals surface area contributed by atoms with Gasteiger partial charge in [0.25, 0.3) is 11.7 Å². The second kappa shape index (κ2) is 21.0. The molecule has 6 N–H and O–H groups in total. The number of methoxy groups -OCH3 is 1. The molecule has 4 aliphatic heterocycles. The Bertz CT molecular complexity index is 2610. The fourth-order valence-electron chi connectivity index (χ4n) is 9.72. The van der Waals surface area contributed by atoms with E-state index < -0.39 is 88.8 Å². The van der Waals surface area contributed by atoms with E-state index in [2.05, 4.69) is 16.3 Å². The molecule has 0 saturated carbocycles. The van der Waals surface area contributed by atoms with Crippen molar-refractivity contribution in [2.45, 2.75) is 118 Å². The normalized spacial score (nSPS) is 29.4. The van der Waals surface area contributed by atoms with Crippen molar-refractivity contribution in [1.82, 2.24) is 9.91 Å². The van der Waals surface area contributed by atoms with E-state index in [9.17, 15) is 45.2 Å². The summed E-state index contributed by atoms with van der Waals surface area (Å²) < 4.78 is 23.8. The molecule has 370 valence electrons. The van der Waals surface area contributed by atoms with E-state index in [4.69, 9.17) is 24.0 Å². The topological polar surface area (TPSA) is 244 Å². The minimum atomic E-state index is -2.08. The number of hydrazone groups is 1. The molecule has 3 aromatic rings. The van der Waals surface area contributed by atoms with Gasteiger partial charge in [-0.2, -0.15) is 10.4 Å². The zero-order valence-corrected chi connectivity index (χ0v) is 41.1. The molecular formula is C52H65N5O12. The number of rotatable bonds is 6. The Hall–Kier alpha value is -6.45. The average molecular weight is 952 g/mol. The number of aliphatic hydroxyl groups is 2. The van der Waals surface area contributed by atoms with Crippen molar-refractivity contribution >= 4 is 40.3 Å². The molecule has 1 amide bonds. The van der Waals surface area contributed by atoms with Crippen LogP contribution in [0.25, 0.3) is 10.8 Å². The van der Waals surface area contributed by atoms with Gasteiger partial charge < -0.3 is 49.8 Å². The molecule has 11 unspecified atom stereocenters.